The monoisotopic (exact) mass is 276 g/mol. The van der Waals surface area contributed by atoms with Gasteiger partial charge < -0.3 is 13.4 Å². The summed E-state index contributed by atoms with van der Waals surface area (Å²) in [4.78, 5) is 12.4. The molecule has 0 saturated heterocycles. The van der Waals surface area contributed by atoms with E-state index < -0.39 is 0 Å². The summed E-state index contributed by atoms with van der Waals surface area (Å²) in [6, 6.07) is 12.3. The molecule has 2 aromatic rings. The van der Waals surface area contributed by atoms with E-state index in [0.717, 1.165) is 30.6 Å². The van der Waals surface area contributed by atoms with Crippen LogP contribution in [0.1, 0.15) is 32.6 Å². The van der Waals surface area contributed by atoms with Gasteiger partial charge in [0.1, 0.15) is 0 Å². The Morgan fingerprint density at radius 2 is 1.35 bits per heavy atom. The van der Waals surface area contributed by atoms with Crippen LogP contribution in [0.4, 0.5) is 0 Å². The topological polar surface area (TPSA) is 17.1 Å². The number of carbonyl (C=O) groups is 1. The molecule has 0 heterocycles. The smallest absolute Gasteiger partial charge is 0.426 e. The number of aryl methyl sites for hydroxylation is 4. The van der Waals surface area contributed by atoms with Crippen molar-refractivity contribution in [3.8, 4) is 0 Å². The summed E-state index contributed by atoms with van der Waals surface area (Å²) >= 11 is 0. The maximum atomic E-state index is 12.4. The Morgan fingerprint density at radius 1 is 0.850 bits per heavy atom. The molecule has 1 nitrogen and oxygen atoms in total. The van der Waals surface area contributed by atoms with Crippen molar-refractivity contribution in [1.29, 1.82) is 0 Å². The van der Waals surface area contributed by atoms with Crippen LogP contribution in [0.5, 0.6) is 0 Å². The zero-order chi connectivity index (χ0) is 14.0. The first-order chi connectivity index (χ1) is 8.97. The molecule has 20 heavy (non-hydrogen) atoms. The number of benzene rings is 2. The molecule has 2 aromatic carbocycles. The zero-order valence-electron chi connectivity index (χ0n) is 12.8. The van der Waals surface area contributed by atoms with E-state index in [-0.39, 0.29) is 24.4 Å². The van der Waals surface area contributed by atoms with Gasteiger partial charge in [0.25, 0.3) is 0 Å². The Balaban J connectivity index is 0.00000200. The van der Waals surface area contributed by atoms with Gasteiger partial charge in [-0.25, -0.2) is 0 Å². The normalized spacial score (nSPS) is 10.6. The summed E-state index contributed by atoms with van der Waals surface area (Å²) in [5, 5.41) is 1.05. The summed E-state index contributed by atoms with van der Waals surface area (Å²) in [7, 11) is 0.752. The molecule has 98 valence electrons. The molecular weight excluding hydrogens is 258 g/mol. The molecule has 0 radical (unpaired) electrons. The molecular formula is C17H18LiOP. The maximum Gasteiger partial charge on any atom is 1.00 e. The van der Waals surface area contributed by atoms with Gasteiger partial charge in [-0.1, -0.05) is 47.5 Å². The van der Waals surface area contributed by atoms with Gasteiger partial charge in [-0.2, -0.15) is 5.30 Å². The summed E-state index contributed by atoms with van der Waals surface area (Å²) in [5.41, 5.74) is 5.61. The molecule has 2 rings (SSSR count). The van der Waals surface area contributed by atoms with E-state index in [1.807, 2.05) is 38.1 Å². The van der Waals surface area contributed by atoms with E-state index in [4.69, 9.17) is 0 Å². The Labute approximate surface area is 135 Å². The molecule has 0 saturated carbocycles. The molecule has 0 amide bonds. The third kappa shape index (κ3) is 4.06. The van der Waals surface area contributed by atoms with Gasteiger partial charge in [0.15, 0.2) is 0 Å². The summed E-state index contributed by atoms with van der Waals surface area (Å²) in [5.74, 6) is 0. The van der Waals surface area contributed by atoms with Crippen LogP contribution in [-0.4, -0.2) is 5.52 Å². The molecule has 0 N–H and O–H groups in total. The standard InChI is InChI=1S/C17H18OP.Li/c1-11-5-7-15(8-6-11)19-17(18)16-13(3)9-12(2)10-14(16)4;/h5-10H,1-4H3;/q-1;+1. The molecule has 0 aromatic heterocycles. The van der Waals surface area contributed by atoms with Crippen LogP contribution < -0.4 is 24.2 Å². The van der Waals surface area contributed by atoms with E-state index in [9.17, 15) is 4.79 Å². The van der Waals surface area contributed by atoms with Gasteiger partial charge >= 0.3 is 18.9 Å². The van der Waals surface area contributed by atoms with Crippen LogP contribution in [0.3, 0.4) is 0 Å². The molecule has 0 aliphatic carbocycles. The van der Waals surface area contributed by atoms with Crippen molar-refractivity contribution in [3.05, 3.63) is 64.2 Å². The molecule has 0 bridgehead atoms. The van der Waals surface area contributed by atoms with Gasteiger partial charge in [0.05, 0.1) is 0 Å². The van der Waals surface area contributed by atoms with Gasteiger partial charge in [0.2, 0.25) is 0 Å². The first kappa shape index (κ1) is 17.2. The third-order valence-electron chi connectivity index (χ3n) is 3.16. The van der Waals surface area contributed by atoms with Gasteiger partial charge in [-0.3, -0.25) is 0 Å². The second-order valence-corrected chi connectivity index (χ2v) is 6.17. The van der Waals surface area contributed by atoms with Crippen LogP contribution in [-0.2, 0) is 0 Å². The molecule has 0 atom stereocenters. The summed E-state index contributed by atoms with van der Waals surface area (Å²) in [6.45, 7) is 8.14. The van der Waals surface area contributed by atoms with Crippen molar-refractivity contribution in [2.24, 2.45) is 0 Å². The first-order valence-electron chi connectivity index (χ1n) is 6.38. The van der Waals surface area contributed by atoms with Crippen LogP contribution in [0.15, 0.2) is 36.4 Å². The molecule has 0 aliphatic heterocycles. The fourth-order valence-electron chi connectivity index (χ4n) is 2.31. The fraction of sp³-hybridized carbons (Fsp3) is 0.235. The van der Waals surface area contributed by atoms with Crippen LogP contribution in [0.25, 0.3) is 0 Å². The number of hydrogen-bond acceptors (Lipinski definition) is 1. The fourth-order valence-corrected chi connectivity index (χ4v) is 3.31. The summed E-state index contributed by atoms with van der Waals surface area (Å²) < 4.78 is 0. The second kappa shape index (κ2) is 7.23. The van der Waals surface area contributed by atoms with Crippen molar-refractivity contribution in [2.45, 2.75) is 27.7 Å². The predicted octanol–water partition coefficient (Wildman–Crippen LogP) is 1.34. The van der Waals surface area contributed by atoms with Crippen LogP contribution in [0.2, 0.25) is 0 Å². The van der Waals surface area contributed by atoms with Gasteiger partial charge in [-0.15, -0.1) is 0 Å². The molecule has 0 unspecified atom stereocenters. The van der Waals surface area contributed by atoms with E-state index in [2.05, 4.69) is 26.0 Å². The summed E-state index contributed by atoms with van der Waals surface area (Å²) in [6.07, 6.45) is 0. The average Bonchev–Trinajstić information content (AvgIpc) is 2.30. The van der Waals surface area contributed by atoms with Crippen molar-refractivity contribution >= 4 is 19.4 Å². The average molecular weight is 276 g/mol. The first-order valence-corrected chi connectivity index (χ1v) is 7.27. The van der Waals surface area contributed by atoms with Gasteiger partial charge in [-0.05, 0) is 44.4 Å². The van der Waals surface area contributed by atoms with Gasteiger partial charge in [0, 0.05) is 5.52 Å². The van der Waals surface area contributed by atoms with Crippen molar-refractivity contribution < 1.29 is 23.7 Å². The molecule has 0 spiro atoms. The SMILES string of the molecule is Cc1ccc([P-]C(=O)c2c(C)cc(C)cc2C)cc1.[Li+]. The van der Waals surface area contributed by atoms with E-state index in [0.29, 0.717) is 0 Å². The second-order valence-electron chi connectivity index (χ2n) is 5.03. The largest absolute Gasteiger partial charge is 1.00 e. The minimum atomic E-state index is 0. The molecule has 3 heteroatoms. The van der Waals surface area contributed by atoms with Crippen molar-refractivity contribution in [1.82, 2.24) is 0 Å². The Hall–Kier alpha value is -0.863. The van der Waals surface area contributed by atoms with E-state index in [1.54, 1.807) is 0 Å². The zero-order valence-corrected chi connectivity index (χ0v) is 13.7. The van der Waals surface area contributed by atoms with Crippen molar-refractivity contribution in [2.75, 3.05) is 0 Å². The minimum Gasteiger partial charge on any atom is -0.426 e. The predicted molar refractivity (Wildman–Crippen MR) is 82.7 cm³/mol. The third-order valence-corrected chi connectivity index (χ3v) is 4.14. The number of carbonyl (C=O) groups excluding carboxylic acids is 1. The van der Waals surface area contributed by atoms with E-state index >= 15 is 0 Å². The number of hydrogen-bond donors (Lipinski definition) is 0. The Bertz CT molecular complexity index is 594. The molecule has 0 fully saturated rings. The maximum absolute atomic E-state index is 12.4. The quantitative estimate of drug-likeness (QED) is 0.611. The minimum absolute atomic E-state index is 0. The Kier molecular flexibility index (Phi) is 6.22. The molecule has 0 aliphatic rings. The Morgan fingerprint density at radius 3 is 1.85 bits per heavy atom. The van der Waals surface area contributed by atoms with Crippen LogP contribution >= 0.6 is 8.58 Å². The van der Waals surface area contributed by atoms with Crippen molar-refractivity contribution in [3.63, 3.8) is 0 Å². The van der Waals surface area contributed by atoms with E-state index in [1.165, 1.54) is 11.1 Å². The number of rotatable bonds is 3. The van der Waals surface area contributed by atoms with Crippen LogP contribution in [0, 0.1) is 27.7 Å².